The van der Waals surface area contributed by atoms with Gasteiger partial charge in [-0.2, -0.15) is 0 Å². The van der Waals surface area contributed by atoms with Crippen molar-refractivity contribution in [1.29, 1.82) is 0 Å². The Labute approximate surface area is 100 Å². The monoisotopic (exact) mass is 236 g/mol. The van der Waals surface area contributed by atoms with E-state index in [0.717, 1.165) is 18.4 Å². The first-order valence-electron chi connectivity index (χ1n) is 5.59. The van der Waals surface area contributed by atoms with Crippen LogP contribution in [0.3, 0.4) is 0 Å². The predicted octanol–water partition coefficient (Wildman–Crippen LogP) is 2.20. The summed E-state index contributed by atoms with van der Waals surface area (Å²) in [6.45, 7) is 1.93. The van der Waals surface area contributed by atoms with Crippen molar-refractivity contribution in [3.05, 3.63) is 29.3 Å². The van der Waals surface area contributed by atoms with Gasteiger partial charge >= 0.3 is 0 Å². The number of aromatic hydroxyl groups is 1. The largest absolute Gasteiger partial charge is 0.507 e. The maximum atomic E-state index is 11.4. The number of hydrogen-bond donors (Lipinski definition) is 1. The molecular weight excluding hydrogens is 220 g/mol. The molecule has 4 heteroatoms. The molecule has 17 heavy (non-hydrogen) atoms. The van der Waals surface area contributed by atoms with Crippen molar-refractivity contribution in [3.8, 4) is 5.75 Å². The van der Waals surface area contributed by atoms with Gasteiger partial charge in [0.15, 0.2) is 5.78 Å². The van der Waals surface area contributed by atoms with E-state index in [1.807, 2.05) is 6.07 Å². The van der Waals surface area contributed by atoms with Gasteiger partial charge in [0, 0.05) is 5.41 Å². The van der Waals surface area contributed by atoms with Crippen molar-refractivity contribution in [2.75, 3.05) is 13.7 Å². The summed E-state index contributed by atoms with van der Waals surface area (Å²) >= 11 is 0. The summed E-state index contributed by atoms with van der Waals surface area (Å²) in [5.74, 6) is -0.0995. The lowest BCUT2D eigenvalue weighted by Crippen LogP contribution is -2.15. The number of ketones is 1. The van der Waals surface area contributed by atoms with E-state index in [9.17, 15) is 9.90 Å². The highest BCUT2D eigenvalue weighted by atomic mass is 17.2. The number of carbonyl (C=O) groups excluding carboxylic acids is 1. The van der Waals surface area contributed by atoms with Gasteiger partial charge in [-0.1, -0.05) is 6.07 Å². The number of carbonyl (C=O) groups is 1. The second-order valence-electron chi connectivity index (χ2n) is 4.50. The van der Waals surface area contributed by atoms with Crippen LogP contribution in [0.1, 0.15) is 35.7 Å². The minimum Gasteiger partial charge on any atom is -0.507 e. The number of Topliss-reactive ketones (excluding diaryl/α,β-unsaturated/α-hetero) is 1. The molecule has 92 valence electrons. The summed E-state index contributed by atoms with van der Waals surface area (Å²) in [5, 5.41) is 9.59. The normalized spacial score (nSPS) is 16.8. The summed E-state index contributed by atoms with van der Waals surface area (Å²) in [7, 11) is 1.48. The Morgan fingerprint density at radius 2 is 2.18 bits per heavy atom. The Morgan fingerprint density at radius 3 is 2.71 bits per heavy atom. The summed E-state index contributed by atoms with van der Waals surface area (Å²) in [6.07, 6.45) is 2.02. The van der Waals surface area contributed by atoms with Crippen LogP contribution < -0.4 is 0 Å². The van der Waals surface area contributed by atoms with Gasteiger partial charge in [0.25, 0.3) is 0 Å². The molecule has 0 amide bonds. The Kier molecular flexibility index (Phi) is 3.17. The Balaban J connectivity index is 2.27. The van der Waals surface area contributed by atoms with E-state index >= 15 is 0 Å². The van der Waals surface area contributed by atoms with Gasteiger partial charge in [-0.05, 0) is 37.5 Å². The first-order valence-corrected chi connectivity index (χ1v) is 5.59. The molecule has 1 fully saturated rings. The van der Waals surface area contributed by atoms with Gasteiger partial charge in [0.05, 0.1) is 19.3 Å². The predicted molar refractivity (Wildman–Crippen MR) is 62.0 cm³/mol. The molecule has 0 aliphatic heterocycles. The average molecular weight is 236 g/mol. The lowest BCUT2D eigenvalue weighted by Gasteiger charge is -2.15. The highest BCUT2D eigenvalue weighted by Crippen LogP contribution is 2.49. The molecule has 1 aliphatic rings. The molecule has 4 nitrogen and oxygen atoms in total. The van der Waals surface area contributed by atoms with Crippen LogP contribution in [0.4, 0.5) is 0 Å². The fraction of sp³-hybridized carbons (Fsp3) is 0.462. The first kappa shape index (κ1) is 12.1. The minimum atomic E-state index is -0.132. The molecule has 1 saturated carbocycles. The van der Waals surface area contributed by atoms with Crippen LogP contribution in [0, 0.1) is 0 Å². The van der Waals surface area contributed by atoms with Crippen LogP contribution in [0.25, 0.3) is 0 Å². The van der Waals surface area contributed by atoms with Crippen LogP contribution >= 0.6 is 0 Å². The smallest absolute Gasteiger partial charge is 0.163 e. The first-order chi connectivity index (χ1) is 8.09. The molecule has 0 heterocycles. The van der Waals surface area contributed by atoms with Gasteiger partial charge in [-0.25, -0.2) is 9.78 Å². The van der Waals surface area contributed by atoms with Crippen molar-refractivity contribution in [1.82, 2.24) is 0 Å². The van der Waals surface area contributed by atoms with Crippen LogP contribution in [0.2, 0.25) is 0 Å². The fourth-order valence-corrected chi connectivity index (χ4v) is 1.99. The van der Waals surface area contributed by atoms with E-state index in [1.165, 1.54) is 14.0 Å². The van der Waals surface area contributed by atoms with E-state index in [-0.39, 0.29) is 16.9 Å². The zero-order chi connectivity index (χ0) is 12.5. The highest BCUT2D eigenvalue weighted by Gasteiger charge is 2.45. The number of benzene rings is 1. The summed E-state index contributed by atoms with van der Waals surface area (Å²) in [6, 6.07) is 5.16. The van der Waals surface area contributed by atoms with Gasteiger partial charge < -0.3 is 5.11 Å². The average Bonchev–Trinajstić information content (AvgIpc) is 3.07. The molecule has 0 atom stereocenters. The lowest BCUT2D eigenvalue weighted by atomic mass is 9.94. The van der Waals surface area contributed by atoms with Gasteiger partial charge in [0.2, 0.25) is 0 Å². The van der Waals surface area contributed by atoms with Crippen molar-refractivity contribution in [2.24, 2.45) is 0 Å². The van der Waals surface area contributed by atoms with Crippen LogP contribution in [0.5, 0.6) is 5.75 Å². The molecular formula is C13H16O4. The summed E-state index contributed by atoms with van der Waals surface area (Å²) < 4.78 is 0. The second-order valence-corrected chi connectivity index (χ2v) is 4.50. The fourth-order valence-electron chi connectivity index (χ4n) is 1.99. The maximum Gasteiger partial charge on any atom is 0.163 e. The maximum absolute atomic E-state index is 11.4. The Morgan fingerprint density at radius 1 is 1.47 bits per heavy atom. The molecule has 0 saturated heterocycles. The second kappa shape index (κ2) is 4.47. The Hall–Kier alpha value is -1.39. The molecule has 0 spiro atoms. The van der Waals surface area contributed by atoms with Crippen molar-refractivity contribution < 1.29 is 19.7 Å². The van der Waals surface area contributed by atoms with E-state index in [0.29, 0.717) is 12.2 Å². The van der Waals surface area contributed by atoms with Gasteiger partial charge in [0.1, 0.15) is 5.75 Å². The third kappa shape index (κ3) is 2.33. The topological polar surface area (TPSA) is 55.8 Å². The van der Waals surface area contributed by atoms with E-state index in [1.54, 1.807) is 12.1 Å². The third-order valence-corrected chi connectivity index (χ3v) is 3.29. The molecule has 1 N–H and O–H groups in total. The molecule has 1 aliphatic carbocycles. The van der Waals surface area contributed by atoms with E-state index in [2.05, 4.69) is 4.89 Å². The van der Waals surface area contributed by atoms with Crippen LogP contribution in [-0.2, 0) is 15.2 Å². The van der Waals surface area contributed by atoms with Crippen molar-refractivity contribution in [2.45, 2.75) is 25.2 Å². The zero-order valence-electron chi connectivity index (χ0n) is 10.0. The Bertz CT molecular complexity index is 435. The van der Waals surface area contributed by atoms with E-state index in [4.69, 9.17) is 4.89 Å². The van der Waals surface area contributed by atoms with Gasteiger partial charge in [-0.3, -0.25) is 4.79 Å². The third-order valence-electron chi connectivity index (χ3n) is 3.29. The highest BCUT2D eigenvalue weighted by molar-refractivity contribution is 5.96. The summed E-state index contributed by atoms with van der Waals surface area (Å²) in [5.41, 5.74) is 1.34. The molecule has 0 aromatic heterocycles. The van der Waals surface area contributed by atoms with Crippen LogP contribution in [-0.4, -0.2) is 24.6 Å². The standard InChI is InChI=1S/C13H16O4/c1-9(14)11-7-10(3-4-12(11)15)13(5-6-13)8-17-16-2/h3-4,7,15H,5-6,8H2,1-2H3. The minimum absolute atomic E-state index is 0.0321. The van der Waals surface area contributed by atoms with Crippen LogP contribution in [0.15, 0.2) is 18.2 Å². The van der Waals surface area contributed by atoms with E-state index < -0.39 is 0 Å². The van der Waals surface area contributed by atoms with Crippen molar-refractivity contribution in [3.63, 3.8) is 0 Å². The number of phenolic OH excluding ortho intramolecular Hbond substituents is 1. The number of phenols is 1. The number of rotatable bonds is 5. The molecule has 1 aromatic rings. The quantitative estimate of drug-likeness (QED) is 0.484. The summed E-state index contributed by atoms with van der Waals surface area (Å²) in [4.78, 5) is 21.0. The molecule has 0 unspecified atom stereocenters. The molecule has 0 radical (unpaired) electrons. The molecule has 0 bridgehead atoms. The zero-order valence-corrected chi connectivity index (χ0v) is 10.0. The lowest BCUT2D eigenvalue weighted by molar-refractivity contribution is -0.277. The SMILES string of the molecule is COOCC1(c2ccc(O)c(C(C)=O)c2)CC1. The number of hydrogen-bond acceptors (Lipinski definition) is 4. The van der Waals surface area contributed by atoms with Gasteiger partial charge in [-0.15, -0.1) is 0 Å². The molecule has 2 rings (SSSR count). The molecule has 1 aromatic carbocycles. The van der Waals surface area contributed by atoms with Crippen molar-refractivity contribution >= 4 is 5.78 Å².